The first-order valence-electron chi connectivity index (χ1n) is 12.6. The number of benzene rings is 2. The smallest absolute Gasteiger partial charge is 0.274 e. The van der Waals surface area contributed by atoms with Crippen LogP contribution in [-0.4, -0.2) is 45.5 Å². The maximum atomic E-state index is 13.6. The molecule has 1 fully saturated rings. The standard InChI is InChI=1S/C30H28F2N6O/c31-30(32)10-11-38(19-30)18-21-12-23(16-35-15-21)22-6-9-27(33)26(14-22)28(34)29(39)37-25-8-7-24(36-17-25)13-20-4-2-1-3-5-20/h1-9,12,14-17,34H,10-11,13,18-19,33H2,(H,37,39). The number of hydrogen-bond donors (Lipinski definition) is 3. The minimum atomic E-state index is -2.65. The number of anilines is 2. The van der Waals surface area contributed by atoms with Gasteiger partial charge in [0.2, 0.25) is 0 Å². The molecular weight excluding hydrogens is 498 g/mol. The monoisotopic (exact) mass is 526 g/mol. The SMILES string of the molecule is N=C(C(=O)Nc1ccc(Cc2ccccc2)nc1)c1cc(-c2cncc(CN3CCC(F)(F)C3)c2)ccc1N. The van der Waals surface area contributed by atoms with E-state index in [1.54, 1.807) is 47.8 Å². The molecule has 0 spiro atoms. The Labute approximate surface area is 225 Å². The maximum Gasteiger partial charge on any atom is 0.274 e. The van der Waals surface area contributed by atoms with E-state index in [2.05, 4.69) is 15.3 Å². The third kappa shape index (κ3) is 6.50. The molecule has 4 N–H and O–H groups in total. The average Bonchev–Trinajstić information content (AvgIpc) is 3.28. The van der Waals surface area contributed by atoms with Crippen LogP contribution in [0.1, 0.15) is 28.8 Å². The predicted molar refractivity (Wildman–Crippen MR) is 148 cm³/mol. The molecule has 2 aromatic carbocycles. The minimum absolute atomic E-state index is 0.139. The van der Waals surface area contributed by atoms with Crippen molar-refractivity contribution in [3.05, 3.63) is 108 Å². The van der Waals surface area contributed by atoms with E-state index in [1.165, 1.54) is 0 Å². The fraction of sp³-hybridized carbons (Fsp3) is 0.200. The maximum absolute atomic E-state index is 13.6. The second-order valence-corrected chi connectivity index (χ2v) is 9.73. The third-order valence-electron chi connectivity index (χ3n) is 6.64. The summed E-state index contributed by atoms with van der Waals surface area (Å²) in [5, 5.41) is 11.2. The molecule has 2 aromatic heterocycles. The summed E-state index contributed by atoms with van der Waals surface area (Å²) in [5.41, 5.74) is 11.1. The number of nitrogens with one attached hydrogen (secondary N) is 2. The summed E-state index contributed by atoms with van der Waals surface area (Å²) < 4.78 is 27.2. The molecule has 4 aromatic rings. The van der Waals surface area contributed by atoms with E-state index in [9.17, 15) is 13.6 Å². The Morgan fingerprint density at radius 3 is 2.54 bits per heavy atom. The van der Waals surface area contributed by atoms with E-state index < -0.39 is 11.8 Å². The highest BCUT2D eigenvalue weighted by molar-refractivity contribution is 6.48. The van der Waals surface area contributed by atoms with Crippen LogP contribution in [0.15, 0.2) is 85.3 Å². The molecule has 0 unspecified atom stereocenters. The molecule has 1 amide bonds. The first-order chi connectivity index (χ1) is 18.8. The fourth-order valence-corrected chi connectivity index (χ4v) is 4.61. The van der Waals surface area contributed by atoms with Crippen molar-refractivity contribution < 1.29 is 13.6 Å². The van der Waals surface area contributed by atoms with E-state index in [-0.39, 0.29) is 24.2 Å². The van der Waals surface area contributed by atoms with Gasteiger partial charge in [0.25, 0.3) is 11.8 Å². The summed E-state index contributed by atoms with van der Waals surface area (Å²) in [5.74, 6) is -3.27. The third-order valence-corrected chi connectivity index (χ3v) is 6.64. The Hall–Kier alpha value is -4.50. The van der Waals surface area contributed by atoms with E-state index in [1.807, 2.05) is 42.5 Å². The number of carbonyl (C=O) groups is 1. The Bertz CT molecular complexity index is 1490. The number of hydrogen-bond acceptors (Lipinski definition) is 6. The minimum Gasteiger partial charge on any atom is -0.398 e. The molecule has 1 aliphatic rings. The molecule has 5 rings (SSSR count). The number of nitrogen functional groups attached to an aromatic ring is 1. The van der Waals surface area contributed by atoms with Crippen LogP contribution < -0.4 is 11.1 Å². The van der Waals surface area contributed by atoms with Crippen molar-refractivity contribution in [3.8, 4) is 11.1 Å². The highest BCUT2D eigenvalue weighted by Crippen LogP contribution is 2.29. The van der Waals surface area contributed by atoms with Crippen LogP contribution in [-0.2, 0) is 17.8 Å². The number of aromatic nitrogens is 2. The quantitative estimate of drug-likeness (QED) is 0.217. The molecule has 1 aliphatic heterocycles. The molecule has 1 saturated heterocycles. The number of amides is 1. The highest BCUT2D eigenvalue weighted by atomic mass is 19.3. The molecule has 39 heavy (non-hydrogen) atoms. The molecule has 198 valence electrons. The lowest BCUT2D eigenvalue weighted by molar-refractivity contribution is -0.110. The summed E-state index contributed by atoms with van der Waals surface area (Å²) in [6.07, 6.45) is 5.42. The lowest BCUT2D eigenvalue weighted by Gasteiger charge is -2.16. The summed E-state index contributed by atoms with van der Waals surface area (Å²) in [6.45, 7) is 0.441. The van der Waals surface area contributed by atoms with Crippen molar-refractivity contribution in [2.24, 2.45) is 0 Å². The van der Waals surface area contributed by atoms with Gasteiger partial charge in [-0.15, -0.1) is 0 Å². The highest BCUT2D eigenvalue weighted by Gasteiger charge is 2.37. The lowest BCUT2D eigenvalue weighted by atomic mass is 9.99. The van der Waals surface area contributed by atoms with Crippen LogP contribution in [0.5, 0.6) is 0 Å². The van der Waals surface area contributed by atoms with Gasteiger partial charge in [-0.05, 0) is 47.0 Å². The Morgan fingerprint density at radius 2 is 1.82 bits per heavy atom. The number of nitrogens with zero attached hydrogens (tertiary/aromatic N) is 3. The zero-order chi connectivity index (χ0) is 27.4. The summed E-state index contributed by atoms with van der Waals surface area (Å²) in [4.78, 5) is 23.3. The molecule has 0 bridgehead atoms. The van der Waals surface area contributed by atoms with Crippen molar-refractivity contribution >= 4 is 23.0 Å². The Morgan fingerprint density at radius 1 is 1.00 bits per heavy atom. The van der Waals surface area contributed by atoms with E-state index in [0.29, 0.717) is 36.4 Å². The molecule has 0 atom stereocenters. The predicted octanol–water partition coefficient (Wildman–Crippen LogP) is 5.16. The first kappa shape index (κ1) is 26.1. The Balaban J connectivity index is 1.27. The molecule has 9 heteroatoms. The van der Waals surface area contributed by atoms with Crippen molar-refractivity contribution in [1.82, 2.24) is 14.9 Å². The van der Waals surface area contributed by atoms with E-state index in [0.717, 1.165) is 22.4 Å². The van der Waals surface area contributed by atoms with E-state index in [4.69, 9.17) is 11.1 Å². The molecule has 0 aliphatic carbocycles. The second-order valence-electron chi connectivity index (χ2n) is 9.73. The van der Waals surface area contributed by atoms with Crippen LogP contribution in [0.2, 0.25) is 0 Å². The molecular formula is C30H28F2N6O. The lowest BCUT2D eigenvalue weighted by Crippen LogP contribution is -2.24. The van der Waals surface area contributed by atoms with Crippen molar-refractivity contribution in [2.45, 2.75) is 25.3 Å². The largest absolute Gasteiger partial charge is 0.398 e. The zero-order valence-corrected chi connectivity index (χ0v) is 21.2. The summed E-state index contributed by atoms with van der Waals surface area (Å²) in [7, 11) is 0. The van der Waals surface area contributed by atoms with Crippen molar-refractivity contribution in [2.75, 3.05) is 24.1 Å². The van der Waals surface area contributed by atoms with Crippen LogP contribution in [0.25, 0.3) is 11.1 Å². The van der Waals surface area contributed by atoms with Crippen molar-refractivity contribution in [1.29, 1.82) is 5.41 Å². The number of rotatable bonds is 8. The number of likely N-dealkylation sites (tertiary alicyclic amines) is 1. The number of alkyl halides is 2. The van der Waals surface area contributed by atoms with Gasteiger partial charge in [-0.3, -0.25) is 25.1 Å². The molecule has 0 radical (unpaired) electrons. The van der Waals surface area contributed by atoms with Crippen LogP contribution in [0, 0.1) is 5.41 Å². The van der Waals surface area contributed by atoms with Crippen LogP contribution >= 0.6 is 0 Å². The summed E-state index contributed by atoms with van der Waals surface area (Å²) >= 11 is 0. The number of halogens is 2. The van der Waals surface area contributed by atoms with Gasteiger partial charge >= 0.3 is 0 Å². The van der Waals surface area contributed by atoms with Crippen LogP contribution in [0.3, 0.4) is 0 Å². The first-order valence-corrected chi connectivity index (χ1v) is 12.6. The van der Waals surface area contributed by atoms with Gasteiger partial charge in [-0.25, -0.2) is 8.78 Å². The molecule has 7 nitrogen and oxygen atoms in total. The van der Waals surface area contributed by atoms with Gasteiger partial charge in [0, 0.05) is 60.8 Å². The van der Waals surface area contributed by atoms with Crippen LogP contribution in [0.4, 0.5) is 20.2 Å². The normalized spacial score (nSPS) is 14.7. The van der Waals surface area contributed by atoms with Crippen molar-refractivity contribution in [3.63, 3.8) is 0 Å². The zero-order valence-electron chi connectivity index (χ0n) is 21.2. The van der Waals surface area contributed by atoms with E-state index >= 15 is 0 Å². The van der Waals surface area contributed by atoms with Gasteiger partial charge in [0.1, 0.15) is 5.71 Å². The molecule has 3 heterocycles. The van der Waals surface area contributed by atoms with Gasteiger partial charge in [-0.1, -0.05) is 36.4 Å². The average molecular weight is 527 g/mol. The number of carbonyl (C=O) groups excluding carboxylic acids is 1. The molecule has 0 saturated carbocycles. The van der Waals surface area contributed by atoms with Gasteiger partial charge in [-0.2, -0.15) is 0 Å². The Kier molecular flexibility index (Phi) is 7.42. The van der Waals surface area contributed by atoms with Gasteiger partial charge < -0.3 is 11.1 Å². The second kappa shape index (κ2) is 11.1. The van der Waals surface area contributed by atoms with Gasteiger partial charge in [0.15, 0.2) is 0 Å². The number of nitrogens with two attached hydrogens (primary N) is 1. The van der Waals surface area contributed by atoms with Gasteiger partial charge in [0.05, 0.1) is 18.4 Å². The number of pyridine rings is 2. The topological polar surface area (TPSA) is 108 Å². The summed E-state index contributed by atoms with van der Waals surface area (Å²) in [6, 6.07) is 20.5. The fourth-order valence-electron chi connectivity index (χ4n) is 4.61.